The van der Waals surface area contributed by atoms with E-state index in [1.807, 2.05) is 6.92 Å². The highest BCUT2D eigenvalue weighted by molar-refractivity contribution is 14.0. The van der Waals surface area contributed by atoms with Crippen LogP contribution in [0.4, 0.5) is 0 Å². The fraction of sp³-hybridized carbons (Fsp3) is 0.800. The summed E-state index contributed by atoms with van der Waals surface area (Å²) in [6, 6.07) is 0.168. The molecule has 1 aromatic heterocycles. The van der Waals surface area contributed by atoms with Gasteiger partial charge in [-0.3, -0.25) is 4.99 Å². The number of ether oxygens (including phenoxy) is 1. The molecule has 1 unspecified atom stereocenters. The van der Waals surface area contributed by atoms with Gasteiger partial charge < -0.3 is 20.4 Å². The van der Waals surface area contributed by atoms with E-state index in [4.69, 9.17) is 10.5 Å². The third-order valence-corrected chi connectivity index (χ3v) is 3.84. The lowest BCUT2D eigenvalue weighted by atomic mass is 10.2. The molecule has 1 aromatic rings. The summed E-state index contributed by atoms with van der Waals surface area (Å²) in [4.78, 5) is 4.35. The van der Waals surface area contributed by atoms with Crippen LogP contribution in [0.2, 0.25) is 0 Å². The number of aromatic nitrogens is 3. The molecule has 8 heteroatoms. The van der Waals surface area contributed by atoms with Crippen LogP contribution in [-0.4, -0.2) is 47.0 Å². The summed E-state index contributed by atoms with van der Waals surface area (Å²) in [5, 5.41) is 11.7. The second-order valence-electron chi connectivity index (χ2n) is 5.87. The zero-order chi connectivity index (χ0) is 15.8. The molecule has 1 aliphatic heterocycles. The molecule has 0 fully saturated rings. The van der Waals surface area contributed by atoms with Crippen LogP contribution < -0.4 is 11.1 Å². The zero-order valence-corrected chi connectivity index (χ0v) is 16.5. The van der Waals surface area contributed by atoms with E-state index in [9.17, 15) is 0 Å². The van der Waals surface area contributed by atoms with Crippen LogP contribution in [0.25, 0.3) is 0 Å². The first kappa shape index (κ1) is 20.1. The monoisotopic (exact) mass is 436 g/mol. The summed E-state index contributed by atoms with van der Waals surface area (Å²) >= 11 is 0. The van der Waals surface area contributed by atoms with Crippen molar-refractivity contribution in [1.82, 2.24) is 20.1 Å². The van der Waals surface area contributed by atoms with Gasteiger partial charge in [-0.05, 0) is 26.2 Å². The number of hydrogen-bond acceptors (Lipinski definition) is 4. The summed E-state index contributed by atoms with van der Waals surface area (Å²) in [6.45, 7) is 4.37. The number of methoxy groups -OCH3 is 1. The van der Waals surface area contributed by atoms with Crippen LogP contribution in [-0.2, 0) is 24.1 Å². The molecule has 2 rings (SSSR count). The van der Waals surface area contributed by atoms with Gasteiger partial charge in [0.2, 0.25) is 0 Å². The SMILES string of the molecule is COCC(C)NC(N)=NCCCc1nnc2n1CCCCC2.I. The van der Waals surface area contributed by atoms with Crippen LogP contribution in [0.15, 0.2) is 4.99 Å². The zero-order valence-electron chi connectivity index (χ0n) is 14.1. The predicted octanol–water partition coefficient (Wildman–Crippen LogP) is 1.49. The minimum Gasteiger partial charge on any atom is -0.383 e. The Morgan fingerprint density at radius 3 is 3.00 bits per heavy atom. The normalized spacial score (nSPS) is 16.2. The summed E-state index contributed by atoms with van der Waals surface area (Å²) in [5.41, 5.74) is 5.85. The van der Waals surface area contributed by atoms with Crippen LogP contribution in [0, 0.1) is 0 Å². The van der Waals surface area contributed by atoms with E-state index in [-0.39, 0.29) is 30.0 Å². The highest BCUT2D eigenvalue weighted by Gasteiger charge is 2.13. The summed E-state index contributed by atoms with van der Waals surface area (Å²) in [6.07, 6.45) is 6.62. The molecule has 1 atom stereocenters. The third kappa shape index (κ3) is 6.62. The second-order valence-corrected chi connectivity index (χ2v) is 5.87. The Hall–Kier alpha value is -0.900. The maximum absolute atomic E-state index is 5.85. The molecule has 0 spiro atoms. The average Bonchev–Trinajstić information content (AvgIpc) is 2.71. The molecule has 0 saturated carbocycles. The largest absolute Gasteiger partial charge is 0.383 e. The average molecular weight is 436 g/mol. The lowest BCUT2D eigenvalue weighted by molar-refractivity contribution is 0.179. The molecular weight excluding hydrogens is 407 g/mol. The molecule has 0 radical (unpaired) electrons. The molecule has 0 bridgehead atoms. The van der Waals surface area contributed by atoms with E-state index in [1.165, 1.54) is 19.3 Å². The molecule has 0 aromatic carbocycles. The molecule has 1 aliphatic rings. The highest BCUT2D eigenvalue weighted by Crippen LogP contribution is 2.15. The van der Waals surface area contributed by atoms with Gasteiger partial charge in [0.25, 0.3) is 0 Å². The van der Waals surface area contributed by atoms with Crippen molar-refractivity contribution in [2.24, 2.45) is 10.7 Å². The van der Waals surface area contributed by atoms with Crippen molar-refractivity contribution in [3.63, 3.8) is 0 Å². The molecule has 0 amide bonds. The number of nitrogens with one attached hydrogen (secondary N) is 1. The second kappa shape index (κ2) is 10.8. The quantitative estimate of drug-likeness (QED) is 0.293. The number of halogens is 1. The highest BCUT2D eigenvalue weighted by atomic mass is 127. The minimum atomic E-state index is 0. The maximum atomic E-state index is 5.85. The van der Waals surface area contributed by atoms with Crippen molar-refractivity contribution < 1.29 is 4.74 Å². The van der Waals surface area contributed by atoms with Crippen LogP contribution in [0.1, 0.15) is 44.3 Å². The minimum absolute atomic E-state index is 0. The number of aliphatic imine (C=N–C) groups is 1. The molecule has 3 N–H and O–H groups in total. The Bertz CT molecular complexity index is 490. The smallest absolute Gasteiger partial charge is 0.188 e. The molecule has 0 saturated heterocycles. The third-order valence-electron chi connectivity index (χ3n) is 3.84. The Morgan fingerprint density at radius 2 is 2.22 bits per heavy atom. The van der Waals surface area contributed by atoms with Crippen LogP contribution in [0.5, 0.6) is 0 Å². The molecular formula is C15H29IN6O. The number of guanidine groups is 1. The maximum Gasteiger partial charge on any atom is 0.188 e. The first-order valence-corrected chi connectivity index (χ1v) is 8.17. The lowest BCUT2D eigenvalue weighted by Gasteiger charge is -2.13. The molecule has 132 valence electrons. The van der Waals surface area contributed by atoms with Gasteiger partial charge in [0.1, 0.15) is 11.6 Å². The van der Waals surface area contributed by atoms with Gasteiger partial charge in [-0.15, -0.1) is 34.2 Å². The number of nitrogens with zero attached hydrogens (tertiary/aromatic N) is 4. The molecule has 7 nitrogen and oxygen atoms in total. The fourth-order valence-corrected chi connectivity index (χ4v) is 2.76. The van der Waals surface area contributed by atoms with Crippen molar-refractivity contribution in [3.05, 3.63) is 11.6 Å². The van der Waals surface area contributed by atoms with E-state index in [2.05, 4.69) is 25.1 Å². The van der Waals surface area contributed by atoms with E-state index >= 15 is 0 Å². The summed E-state index contributed by atoms with van der Waals surface area (Å²) in [7, 11) is 1.67. The number of aryl methyl sites for hydroxylation is 2. The van der Waals surface area contributed by atoms with Gasteiger partial charge in [-0.1, -0.05) is 6.42 Å². The van der Waals surface area contributed by atoms with Gasteiger partial charge in [0.05, 0.1) is 6.61 Å². The summed E-state index contributed by atoms with van der Waals surface area (Å²) in [5.74, 6) is 2.71. The van der Waals surface area contributed by atoms with Gasteiger partial charge >= 0.3 is 0 Å². The Labute approximate surface area is 155 Å². The van der Waals surface area contributed by atoms with Crippen molar-refractivity contribution in [2.75, 3.05) is 20.3 Å². The predicted molar refractivity (Wildman–Crippen MR) is 102 cm³/mol. The Kier molecular flexibility index (Phi) is 9.46. The lowest BCUT2D eigenvalue weighted by Crippen LogP contribution is -2.40. The van der Waals surface area contributed by atoms with Crippen LogP contribution in [0.3, 0.4) is 0 Å². The Balaban J connectivity index is 0.00000264. The fourth-order valence-electron chi connectivity index (χ4n) is 2.76. The van der Waals surface area contributed by atoms with Crippen LogP contribution >= 0.6 is 24.0 Å². The van der Waals surface area contributed by atoms with Crippen molar-refractivity contribution in [3.8, 4) is 0 Å². The van der Waals surface area contributed by atoms with E-state index in [1.54, 1.807) is 7.11 Å². The van der Waals surface area contributed by atoms with E-state index in [0.717, 1.165) is 37.5 Å². The topological polar surface area (TPSA) is 90.3 Å². The number of fused-ring (bicyclic) bond motifs is 1. The van der Waals surface area contributed by atoms with E-state index in [0.29, 0.717) is 19.1 Å². The van der Waals surface area contributed by atoms with Crippen molar-refractivity contribution in [2.45, 2.75) is 58.0 Å². The van der Waals surface area contributed by atoms with Crippen molar-refractivity contribution in [1.29, 1.82) is 0 Å². The molecule has 23 heavy (non-hydrogen) atoms. The van der Waals surface area contributed by atoms with Gasteiger partial charge in [0, 0.05) is 39.1 Å². The van der Waals surface area contributed by atoms with Gasteiger partial charge in [-0.25, -0.2) is 0 Å². The van der Waals surface area contributed by atoms with Gasteiger partial charge in [0.15, 0.2) is 5.96 Å². The molecule has 0 aliphatic carbocycles. The van der Waals surface area contributed by atoms with Crippen molar-refractivity contribution >= 4 is 29.9 Å². The standard InChI is InChI=1S/C15H28N6O.HI/c1-12(11-22-2)18-15(16)17-9-6-8-14-20-19-13-7-4-3-5-10-21(13)14;/h12H,3-11H2,1-2H3,(H3,16,17,18);1H. The number of rotatable bonds is 7. The number of hydrogen-bond donors (Lipinski definition) is 2. The summed E-state index contributed by atoms with van der Waals surface area (Å²) < 4.78 is 7.34. The number of nitrogens with two attached hydrogens (primary N) is 1. The van der Waals surface area contributed by atoms with E-state index < -0.39 is 0 Å². The first-order chi connectivity index (χ1) is 10.7. The first-order valence-electron chi connectivity index (χ1n) is 8.17. The Morgan fingerprint density at radius 1 is 1.39 bits per heavy atom. The molecule has 2 heterocycles. The van der Waals surface area contributed by atoms with Gasteiger partial charge in [-0.2, -0.15) is 0 Å².